The Labute approximate surface area is 116 Å². The normalized spacial score (nSPS) is 20.9. The maximum absolute atomic E-state index is 9.34. The Morgan fingerprint density at radius 2 is 2.11 bits per heavy atom. The quantitative estimate of drug-likeness (QED) is 0.882. The molecule has 4 heteroatoms. The Morgan fingerprint density at radius 1 is 1.32 bits per heavy atom. The maximum Gasteiger partial charge on any atom is 0.0669 e. The van der Waals surface area contributed by atoms with Gasteiger partial charge in [-0.15, -0.1) is 0 Å². The molecular formula is C15H27N3O. The average Bonchev–Trinajstić information content (AvgIpc) is 2.74. The number of hydrogen-bond donors (Lipinski definition) is 1. The Hall–Kier alpha value is -0.870. The van der Waals surface area contributed by atoms with Gasteiger partial charge in [-0.05, 0) is 38.1 Å². The molecule has 0 aliphatic carbocycles. The van der Waals surface area contributed by atoms with E-state index in [1.54, 1.807) is 0 Å². The van der Waals surface area contributed by atoms with Crippen molar-refractivity contribution in [2.45, 2.75) is 46.1 Å². The second-order valence-electron chi connectivity index (χ2n) is 5.63. The average molecular weight is 265 g/mol. The van der Waals surface area contributed by atoms with Crippen LogP contribution in [0.1, 0.15) is 43.6 Å². The van der Waals surface area contributed by atoms with Gasteiger partial charge in [0.1, 0.15) is 0 Å². The molecule has 1 N–H and O–H groups in total. The van der Waals surface area contributed by atoms with Crippen LogP contribution < -0.4 is 0 Å². The largest absolute Gasteiger partial charge is 0.396 e. The lowest BCUT2D eigenvalue weighted by Crippen LogP contribution is -2.36. The smallest absolute Gasteiger partial charge is 0.0669 e. The third-order valence-electron chi connectivity index (χ3n) is 4.27. The summed E-state index contributed by atoms with van der Waals surface area (Å²) in [7, 11) is 2.05. The highest BCUT2D eigenvalue weighted by Crippen LogP contribution is 2.22. The summed E-state index contributed by atoms with van der Waals surface area (Å²) < 4.78 is 2.04. The summed E-state index contributed by atoms with van der Waals surface area (Å²) in [6.07, 6.45) is 4.41. The van der Waals surface area contributed by atoms with Gasteiger partial charge in [-0.1, -0.05) is 13.8 Å². The number of likely N-dealkylation sites (tertiary alicyclic amines) is 1. The second kappa shape index (κ2) is 6.53. The van der Waals surface area contributed by atoms with E-state index in [1.165, 1.54) is 29.8 Å². The van der Waals surface area contributed by atoms with E-state index >= 15 is 0 Å². The highest BCUT2D eigenvalue weighted by molar-refractivity contribution is 5.26. The molecule has 1 aliphatic rings. The van der Waals surface area contributed by atoms with E-state index in [1.807, 2.05) is 11.7 Å². The zero-order chi connectivity index (χ0) is 13.8. The van der Waals surface area contributed by atoms with Crippen LogP contribution in [0.4, 0.5) is 0 Å². The Kier molecular flexibility index (Phi) is 4.99. The van der Waals surface area contributed by atoms with Crippen LogP contribution in [0.5, 0.6) is 0 Å². The standard InChI is InChI=1S/C15H27N3O/c1-4-14-13(15(5-2)17(3)16-14)10-18-8-6-7-12(9-18)11-19/h12,19H,4-11H2,1-3H3. The van der Waals surface area contributed by atoms with Gasteiger partial charge in [0.15, 0.2) is 0 Å². The summed E-state index contributed by atoms with van der Waals surface area (Å²) in [6.45, 7) is 7.88. The van der Waals surface area contributed by atoms with Crippen molar-refractivity contribution in [1.29, 1.82) is 0 Å². The molecule has 0 spiro atoms. The van der Waals surface area contributed by atoms with Crippen molar-refractivity contribution in [1.82, 2.24) is 14.7 Å². The first-order valence-electron chi connectivity index (χ1n) is 7.56. The zero-order valence-electron chi connectivity index (χ0n) is 12.5. The number of aliphatic hydroxyl groups is 1. The molecule has 1 aromatic rings. The third kappa shape index (κ3) is 3.18. The van der Waals surface area contributed by atoms with Crippen LogP contribution in [-0.4, -0.2) is 39.5 Å². The zero-order valence-corrected chi connectivity index (χ0v) is 12.5. The van der Waals surface area contributed by atoms with E-state index in [0.29, 0.717) is 12.5 Å². The number of aliphatic hydroxyl groups excluding tert-OH is 1. The molecule has 1 aliphatic heterocycles. The van der Waals surface area contributed by atoms with Crippen molar-refractivity contribution >= 4 is 0 Å². The van der Waals surface area contributed by atoms with Crippen molar-refractivity contribution < 1.29 is 5.11 Å². The van der Waals surface area contributed by atoms with Crippen molar-refractivity contribution in [2.75, 3.05) is 19.7 Å². The van der Waals surface area contributed by atoms with Gasteiger partial charge >= 0.3 is 0 Å². The first kappa shape index (κ1) is 14.5. The monoisotopic (exact) mass is 265 g/mol. The minimum Gasteiger partial charge on any atom is -0.396 e. The van der Waals surface area contributed by atoms with Gasteiger partial charge in [-0.3, -0.25) is 9.58 Å². The summed E-state index contributed by atoms with van der Waals surface area (Å²) in [5, 5.41) is 14.0. The van der Waals surface area contributed by atoms with Gasteiger partial charge in [-0.25, -0.2) is 0 Å². The molecule has 108 valence electrons. The van der Waals surface area contributed by atoms with Crippen LogP contribution in [-0.2, 0) is 26.4 Å². The van der Waals surface area contributed by atoms with E-state index < -0.39 is 0 Å². The molecule has 0 bridgehead atoms. The molecule has 4 nitrogen and oxygen atoms in total. The van der Waals surface area contributed by atoms with Crippen LogP contribution in [0.25, 0.3) is 0 Å². The summed E-state index contributed by atoms with van der Waals surface area (Å²) in [4.78, 5) is 2.49. The fraction of sp³-hybridized carbons (Fsp3) is 0.800. The number of rotatable bonds is 5. The van der Waals surface area contributed by atoms with Gasteiger partial charge in [0.2, 0.25) is 0 Å². The Balaban J connectivity index is 2.13. The maximum atomic E-state index is 9.34. The summed E-state index contributed by atoms with van der Waals surface area (Å²) in [6, 6.07) is 0. The first-order chi connectivity index (χ1) is 9.19. The number of hydrogen-bond acceptors (Lipinski definition) is 3. The topological polar surface area (TPSA) is 41.3 Å². The van der Waals surface area contributed by atoms with Crippen molar-refractivity contribution in [3.63, 3.8) is 0 Å². The molecule has 0 aromatic carbocycles. The van der Waals surface area contributed by atoms with Gasteiger partial charge in [0, 0.05) is 38.0 Å². The number of piperidine rings is 1. The molecule has 0 radical (unpaired) electrons. The highest BCUT2D eigenvalue weighted by atomic mass is 16.3. The predicted molar refractivity (Wildman–Crippen MR) is 77.1 cm³/mol. The molecule has 2 heterocycles. The van der Waals surface area contributed by atoms with E-state index in [9.17, 15) is 5.11 Å². The molecular weight excluding hydrogens is 238 g/mol. The molecule has 0 saturated carbocycles. The van der Waals surface area contributed by atoms with Gasteiger partial charge < -0.3 is 5.11 Å². The fourth-order valence-electron chi connectivity index (χ4n) is 3.24. The van der Waals surface area contributed by atoms with Gasteiger partial charge in [-0.2, -0.15) is 5.10 Å². The Morgan fingerprint density at radius 3 is 2.74 bits per heavy atom. The summed E-state index contributed by atoms with van der Waals surface area (Å²) in [5.41, 5.74) is 4.03. The number of nitrogens with zero attached hydrogens (tertiary/aromatic N) is 3. The molecule has 0 amide bonds. The van der Waals surface area contributed by atoms with E-state index in [4.69, 9.17) is 0 Å². The third-order valence-corrected chi connectivity index (χ3v) is 4.27. The SMILES string of the molecule is CCc1nn(C)c(CC)c1CN1CCCC(CO)C1. The van der Waals surface area contributed by atoms with E-state index in [-0.39, 0.29) is 0 Å². The Bertz CT molecular complexity index is 414. The van der Waals surface area contributed by atoms with Crippen LogP contribution in [0.3, 0.4) is 0 Å². The molecule has 19 heavy (non-hydrogen) atoms. The second-order valence-corrected chi connectivity index (χ2v) is 5.63. The van der Waals surface area contributed by atoms with Crippen molar-refractivity contribution in [2.24, 2.45) is 13.0 Å². The van der Waals surface area contributed by atoms with Crippen LogP contribution in [0.2, 0.25) is 0 Å². The lowest BCUT2D eigenvalue weighted by atomic mass is 9.98. The molecule has 1 atom stereocenters. The first-order valence-corrected chi connectivity index (χ1v) is 7.56. The molecule has 1 fully saturated rings. The van der Waals surface area contributed by atoms with E-state index in [0.717, 1.165) is 32.5 Å². The summed E-state index contributed by atoms with van der Waals surface area (Å²) in [5.74, 6) is 0.459. The molecule has 2 rings (SSSR count). The molecule has 1 unspecified atom stereocenters. The van der Waals surface area contributed by atoms with Gasteiger partial charge in [0.05, 0.1) is 5.69 Å². The summed E-state index contributed by atoms with van der Waals surface area (Å²) >= 11 is 0. The van der Waals surface area contributed by atoms with Gasteiger partial charge in [0.25, 0.3) is 0 Å². The van der Waals surface area contributed by atoms with Crippen LogP contribution in [0, 0.1) is 5.92 Å². The number of aromatic nitrogens is 2. The molecule has 1 aromatic heterocycles. The minimum absolute atomic E-state index is 0.324. The lowest BCUT2D eigenvalue weighted by Gasteiger charge is -2.32. The van der Waals surface area contributed by atoms with Crippen molar-refractivity contribution in [3.8, 4) is 0 Å². The minimum atomic E-state index is 0.324. The van der Waals surface area contributed by atoms with Crippen molar-refractivity contribution in [3.05, 3.63) is 17.0 Å². The van der Waals surface area contributed by atoms with E-state index in [2.05, 4.69) is 23.8 Å². The number of aryl methyl sites for hydroxylation is 2. The van der Waals surface area contributed by atoms with Crippen LogP contribution in [0.15, 0.2) is 0 Å². The fourth-order valence-corrected chi connectivity index (χ4v) is 3.24. The highest BCUT2D eigenvalue weighted by Gasteiger charge is 2.22. The molecule has 1 saturated heterocycles. The van der Waals surface area contributed by atoms with Crippen LogP contribution >= 0.6 is 0 Å². The lowest BCUT2D eigenvalue weighted by molar-refractivity contribution is 0.115. The predicted octanol–water partition coefficient (Wildman–Crippen LogP) is 1.75.